The van der Waals surface area contributed by atoms with Crippen molar-refractivity contribution >= 4 is 31.5 Å². The van der Waals surface area contributed by atoms with Gasteiger partial charge in [0.1, 0.15) is 0 Å². The van der Waals surface area contributed by atoms with Crippen molar-refractivity contribution in [1.29, 1.82) is 0 Å². The van der Waals surface area contributed by atoms with E-state index in [1.165, 1.54) is 25.7 Å². The lowest BCUT2D eigenvalue weighted by molar-refractivity contribution is 0.133. The summed E-state index contributed by atoms with van der Waals surface area (Å²) < 4.78 is 2.69. The molecule has 0 saturated carbocycles. The molecule has 0 saturated heterocycles. The van der Waals surface area contributed by atoms with Crippen LogP contribution in [0.2, 0.25) is 0 Å². The van der Waals surface area contributed by atoms with E-state index in [-0.39, 0.29) is 6.10 Å². The molecule has 0 fully saturated rings. The van der Waals surface area contributed by atoms with Crippen LogP contribution in [0.5, 0.6) is 0 Å². The average molecular weight is 254 g/mol. The maximum absolute atomic E-state index is 10.2. The summed E-state index contributed by atoms with van der Waals surface area (Å²) in [4.78, 5) is 0. The third-order valence-electron chi connectivity index (χ3n) is 4.07. The van der Waals surface area contributed by atoms with Gasteiger partial charge in [0.15, 0.2) is 0 Å². The molecule has 18 heavy (non-hydrogen) atoms. The number of fused-ring (bicyclic) bond motifs is 5. The Morgan fingerprint density at radius 1 is 1.11 bits per heavy atom. The van der Waals surface area contributed by atoms with Crippen molar-refractivity contribution in [2.24, 2.45) is 5.92 Å². The van der Waals surface area contributed by atoms with E-state index >= 15 is 0 Å². The molecule has 3 aromatic rings. The third kappa shape index (κ3) is 1.25. The zero-order valence-corrected chi connectivity index (χ0v) is 11.0. The Labute approximate surface area is 110 Å². The van der Waals surface area contributed by atoms with Gasteiger partial charge in [-0.3, -0.25) is 0 Å². The fourth-order valence-corrected chi connectivity index (χ4v) is 4.28. The van der Waals surface area contributed by atoms with Gasteiger partial charge in [-0.1, -0.05) is 31.2 Å². The fourth-order valence-electron chi connectivity index (χ4n) is 3.14. The fraction of sp³-hybridized carbons (Fsp3) is 0.250. The number of aliphatic hydroxyl groups excluding tert-OH is 1. The SMILES string of the molecule is CC1Cc2c(ccc3sc4ccccc4c23)C1O. The van der Waals surface area contributed by atoms with E-state index in [1.807, 2.05) is 11.3 Å². The van der Waals surface area contributed by atoms with Crippen LogP contribution in [0.4, 0.5) is 0 Å². The van der Waals surface area contributed by atoms with Crippen LogP contribution < -0.4 is 0 Å². The standard InChI is InChI=1S/C16H14OS/c1-9-8-12-10(16(9)17)6-7-14-15(12)11-4-2-3-5-13(11)18-14/h2-7,9,16-17H,8H2,1H3. The first kappa shape index (κ1) is 10.5. The Hall–Kier alpha value is -1.38. The van der Waals surface area contributed by atoms with Crippen molar-refractivity contribution in [3.8, 4) is 0 Å². The van der Waals surface area contributed by atoms with Gasteiger partial charge in [-0.05, 0) is 35.6 Å². The predicted molar refractivity (Wildman–Crippen MR) is 77.2 cm³/mol. The van der Waals surface area contributed by atoms with Crippen LogP contribution in [-0.4, -0.2) is 5.11 Å². The molecule has 1 aromatic heterocycles. The molecule has 4 rings (SSSR count). The Balaban J connectivity index is 2.17. The van der Waals surface area contributed by atoms with E-state index < -0.39 is 0 Å². The molecule has 1 heterocycles. The number of hydrogen-bond acceptors (Lipinski definition) is 2. The maximum Gasteiger partial charge on any atom is 0.0821 e. The molecule has 1 nitrogen and oxygen atoms in total. The summed E-state index contributed by atoms with van der Waals surface area (Å²) in [5.74, 6) is 0.337. The molecule has 90 valence electrons. The topological polar surface area (TPSA) is 20.2 Å². The number of benzene rings is 2. The van der Waals surface area contributed by atoms with E-state index in [0.717, 1.165) is 12.0 Å². The summed E-state index contributed by atoms with van der Waals surface area (Å²) in [6.07, 6.45) is 0.706. The van der Waals surface area contributed by atoms with Crippen LogP contribution in [0.25, 0.3) is 20.2 Å². The van der Waals surface area contributed by atoms with Gasteiger partial charge in [0.25, 0.3) is 0 Å². The highest BCUT2D eigenvalue weighted by Crippen LogP contribution is 2.44. The molecule has 0 bridgehead atoms. The summed E-state index contributed by atoms with van der Waals surface area (Å²) in [6, 6.07) is 12.9. The predicted octanol–water partition coefficient (Wildman–Crippen LogP) is 4.28. The summed E-state index contributed by atoms with van der Waals surface area (Å²) >= 11 is 1.85. The second kappa shape index (κ2) is 3.56. The third-order valence-corrected chi connectivity index (χ3v) is 5.21. The van der Waals surface area contributed by atoms with Gasteiger partial charge < -0.3 is 5.11 Å². The second-order valence-corrected chi connectivity index (χ2v) is 6.31. The van der Waals surface area contributed by atoms with Gasteiger partial charge in [-0.15, -0.1) is 11.3 Å². The van der Waals surface area contributed by atoms with E-state index in [0.29, 0.717) is 5.92 Å². The van der Waals surface area contributed by atoms with Gasteiger partial charge in [0, 0.05) is 20.2 Å². The summed E-state index contributed by atoms with van der Waals surface area (Å²) in [7, 11) is 0. The Morgan fingerprint density at radius 3 is 2.83 bits per heavy atom. The molecule has 2 heteroatoms. The molecule has 0 radical (unpaired) electrons. The zero-order chi connectivity index (χ0) is 12.3. The van der Waals surface area contributed by atoms with Gasteiger partial charge in [-0.25, -0.2) is 0 Å². The van der Waals surface area contributed by atoms with Crippen LogP contribution in [0.15, 0.2) is 36.4 Å². The molecule has 1 aliphatic rings. The minimum Gasteiger partial charge on any atom is -0.388 e. The van der Waals surface area contributed by atoms with E-state index in [1.54, 1.807) is 0 Å². The van der Waals surface area contributed by atoms with Crippen molar-refractivity contribution < 1.29 is 5.11 Å². The van der Waals surface area contributed by atoms with Crippen LogP contribution >= 0.6 is 11.3 Å². The molecule has 0 amide bonds. The van der Waals surface area contributed by atoms with Crippen LogP contribution in [0, 0.1) is 5.92 Å². The first-order valence-electron chi connectivity index (χ1n) is 6.37. The molecule has 2 atom stereocenters. The maximum atomic E-state index is 10.2. The normalized spacial score (nSPS) is 22.8. The molecule has 0 spiro atoms. The number of thiophene rings is 1. The van der Waals surface area contributed by atoms with Crippen LogP contribution in [0.1, 0.15) is 24.2 Å². The molecular formula is C16H14OS. The minimum atomic E-state index is -0.289. The van der Waals surface area contributed by atoms with E-state index in [4.69, 9.17) is 0 Å². The smallest absolute Gasteiger partial charge is 0.0821 e. The summed E-state index contributed by atoms with van der Waals surface area (Å²) in [5.41, 5.74) is 2.50. The average Bonchev–Trinajstić information content (AvgIpc) is 2.88. The van der Waals surface area contributed by atoms with Crippen LogP contribution in [0.3, 0.4) is 0 Å². The summed E-state index contributed by atoms with van der Waals surface area (Å²) in [6.45, 7) is 2.13. The van der Waals surface area contributed by atoms with Gasteiger partial charge in [0.05, 0.1) is 6.10 Å². The lowest BCUT2D eigenvalue weighted by atomic mass is 10.0. The first-order chi connectivity index (χ1) is 8.75. The van der Waals surface area contributed by atoms with Gasteiger partial charge in [0.2, 0.25) is 0 Å². The molecule has 2 aromatic carbocycles. The van der Waals surface area contributed by atoms with Crippen molar-refractivity contribution in [3.63, 3.8) is 0 Å². The molecule has 1 N–H and O–H groups in total. The number of aliphatic hydroxyl groups is 1. The van der Waals surface area contributed by atoms with Crippen molar-refractivity contribution in [3.05, 3.63) is 47.5 Å². The lowest BCUT2D eigenvalue weighted by Gasteiger charge is -2.07. The monoisotopic (exact) mass is 254 g/mol. The molecular weight excluding hydrogens is 240 g/mol. The Morgan fingerprint density at radius 2 is 1.94 bits per heavy atom. The van der Waals surface area contributed by atoms with Crippen molar-refractivity contribution in [2.75, 3.05) is 0 Å². The van der Waals surface area contributed by atoms with E-state index in [2.05, 4.69) is 43.3 Å². The Kier molecular flexibility index (Phi) is 2.08. The number of rotatable bonds is 0. The second-order valence-electron chi connectivity index (χ2n) is 5.23. The van der Waals surface area contributed by atoms with Gasteiger partial charge >= 0.3 is 0 Å². The Bertz CT molecular complexity index is 756. The zero-order valence-electron chi connectivity index (χ0n) is 10.2. The quantitative estimate of drug-likeness (QED) is 0.635. The summed E-state index contributed by atoms with van der Waals surface area (Å²) in [5, 5.41) is 12.9. The van der Waals surface area contributed by atoms with Gasteiger partial charge in [-0.2, -0.15) is 0 Å². The van der Waals surface area contributed by atoms with Crippen LogP contribution in [-0.2, 0) is 6.42 Å². The molecule has 1 aliphatic carbocycles. The van der Waals surface area contributed by atoms with Crippen molar-refractivity contribution in [1.82, 2.24) is 0 Å². The molecule has 0 aliphatic heterocycles. The lowest BCUT2D eigenvalue weighted by Crippen LogP contribution is -2.00. The van der Waals surface area contributed by atoms with Crippen molar-refractivity contribution in [2.45, 2.75) is 19.4 Å². The highest BCUT2D eigenvalue weighted by atomic mass is 32.1. The highest BCUT2D eigenvalue weighted by molar-refractivity contribution is 7.25. The minimum absolute atomic E-state index is 0.289. The largest absolute Gasteiger partial charge is 0.388 e. The van der Waals surface area contributed by atoms with E-state index in [9.17, 15) is 5.11 Å². The first-order valence-corrected chi connectivity index (χ1v) is 7.18. The number of hydrogen-bond donors (Lipinski definition) is 1. The highest BCUT2D eigenvalue weighted by Gasteiger charge is 2.29. The molecule has 2 unspecified atom stereocenters.